The Bertz CT molecular complexity index is 440. The van der Waals surface area contributed by atoms with Crippen LogP contribution in [0.3, 0.4) is 0 Å². The number of carbonyl (C=O) groups excluding carboxylic acids is 1. The summed E-state index contributed by atoms with van der Waals surface area (Å²) < 4.78 is 0. The van der Waals surface area contributed by atoms with Gasteiger partial charge >= 0.3 is 0 Å². The van der Waals surface area contributed by atoms with Gasteiger partial charge in [-0.3, -0.25) is 4.79 Å². The summed E-state index contributed by atoms with van der Waals surface area (Å²) in [5.74, 6) is -0.0595. The number of hydrogen-bond donors (Lipinski definition) is 2. The molecule has 0 aliphatic carbocycles. The van der Waals surface area contributed by atoms with E-state index in [2.05, 4.69) is 10.6 Å². The lowest BCUT2D eigenvalue weighted by atomic mass is 10.2. The van der Waals surface area contributed by atoms with E-state index in [4.69, 9.17) is 11.6 Å². The van der Waals surface area contributed by atoms with Crippen molar-refractivity contribution in [3.8, 4) is 0 Å². The van der Waals surface area contributed by atoms with Crippen LogP contribution in [0.5, 0.6) is 0 Å². The molecule has 1 amide bonds. The van der Waals surface area contributed by atoms with Gasteiger partial charge in [0.1, 0.15) is 0 Å². The van der Waals surface area contributed by atoms with E-state index in [1.165, 1.54) is 0 Å². The number of hydrogen-bond acceptors (Lipinski definition) is 2. The first-order valence-electron chi connectivity index (χ1n) is 4.67. The number of aryl methyl sites for hydroxylation is 1. The van der Waals surface area contributed by atoms with Crippen molar-refractivity contribution in [2.24, 2.45) is 0 Å². The van der Waals surface area contributed by atoms with Gasteiger partial charge in [0.15, 0.2) is 0 Å². The molecule has 0 saturated heterocycles. The Morgan fingerprint density at radius 2 is 2.27 bits per heavy atom. The Morgan fingerprint density at radius 1 is 1.47 bits per heavy atom. The molecule has 15 heavy (non-hydrogen) atoms. The Morgan fingerprint density at radius 3 is 2.87 bits per heavy atom. The second-order valence-electron chi connectivity index (χ2n) is 3.48. The van der Waals surface area contributed by atoms with Crippen molar-refractivity contribution >= 4 is 23.2 Å². The highest BCUT2D eigenvalue weighted by Gasteiger charge is 2.10. The van der Waals surface area contributed by atoms with Crippen molar-refractivity contribution in [1.82, 2.24) is 5.32 Å². The van der Waals surface area contributed by atoms with Crippen LogP contribution < -0.4 is 10.6 Å². The van der Waals surface area contributed by atoms with Crippen molar-refractivity contribution < 1.29 is 4.79 Å². The number of amides is 1. The summed E-state index contributed by atoms with van der Waals surface area (Å²) in [6.07, 6.45) is 1.55. The van der Waals surface area contributed by atoms with Gasteiger partial charge in [0, 0.05) is 22.5 Å². The van der Waals surface area contributed by atoms with Crippen molar-refractivity contribution in [3.05, 3.63) is 40.6 Å². The zero-order valence-corrected chi connectivity index (χ0v) is 9.06. The standard InChI is InChI=1S/C11H11ClN2O/c1-7-2-3-8(4-10(7)12)14-9-5-11(15)13-6-9/h2-5,14H,6H2,1H3,(H,13,15). The maximum Gasteiger partial charge on any atom is 0.246 e. The summed E-state index contributed by atoms with van der Waals surface area (Å²) in [6, 6.07) is 5.72. The first-order valence-corrected chi connectivity index (χ1v) is 5.04. The largest absolute Gasteiger partial charge is 0.357 e. The van der Waals surface area contributed by atoms with Gasteiger partial charge in [0.2, 0.25) is 5.91 Å². The molecule has 0 spiro atoms. The van der Waals surface area contributed by atoms with E-state index in [9.17, 15) is 4.79 Å². The molecule has 0 saturated carbocycles. The van der Waals surface area contributed by atoms with E-state index >= 15 is 0 Å². The molecular formula is C11H11ClN2O. The predicted molar refractivity (Wildman–Crippen MR) is 60.9 cm³/mol. The molecule has 78 valence electrons. The SMILES string of the molecule is Cc1ccc(NC2=CC(=O)NC2)cc1Cl. The molecule has 3 nitrogen and oxygen atoms in total. The van der Waals surface area contributed by atoms with Crippen molar-refractivity contribution in [3.63, 3.8) is 0 Å². The van der Waals surface area contributed by atoms with Crippen LogP contribution in [0.2, 0.25) is 5.02 Å². The van der Waals surface area contributed by atoms with Crippen LogP contribution in [0.15, 0.2) is 30.0 Å². The monoisotopic (exact) mass is 222 g/mol. The molecule has 1 aliphatic rings. The molecule has 4 heteroatoms. The van der Waals surface area contributed by atoms with Gasteiger partial charge in [-0.1, -0.05) is 17.7 Å². The number of carbonyl (C=O) groups is 1. The zero-order valence-electron chi connectivity index (χ0n) is 8.30. The third kappa shape index (κ3) is 2.30. The zero-order chi connectivity index (χ0) is 10.8. The Hall–Kier alpha value is -1.48. The smallest absolute Gasteiger partial charge is 0.246 e. The molecule has 0 radical (unpaired) electrons. The molecule has 0 unspecified atom stereocenters. The molecule has 0 atom stereocenters. The molecular weight excluding hydrogens is 212 g/mol. The minimum atomic E-state index is -0.0595. The number of halogens is 1. The fraction of sp³-hybridized carbons (Fsp3) is 0.182. The molecule has 1 heterocycles. The molecule has 0 aromatic heterocycles. The van der Waals surface area contributed by atoms with Crippen molar-refractivity contribution in [1.29, 1.82) is 0 Å². The number of nitrogens with one attached hydrogen (secondary N) is 2. The van der Waals surface area contributed by atoms with Crippen molar-refractivity contribution in [2.45, 2.75) is 6.92 Å². The second kappa shape index (κ2) is 3.95. The lowest BCUT2D eigenvalue weighted by Gasteiger charge is -2.07. The van der Waals surface area contributed by atoms with Crippen LogP contribution in [0.4, 0.5) is 5.69 Å². The van der Waals surface area contributed by atoms with Gasteiger partial charge in [-0.05, 0) is 24.6 Å². The first kappa shape index (κ1) is 10.1. The summed E-state index contributed by atoms with van der Waals surface area (Å²) >= 11 is 5.99. The Kier molecular flexibility index (Phi) is 2.64. The summed E-state index contributed by atoms with van der Waals surface area (Å²) in [5, 5.41) is 6.54. The second-order valence-corrected chi connectivity index (χ2v) is 3.88. The molecule has 2 rings (SSSR count). The molecule has 0 fully saturated rings. The van der Waals surface area contributed by atoms with Gasteiger partial charge in [0.05, 0.1) is 6.54 Å². The highest BCUT2D eigenvalue weighted by Crippen LogP contribution is 2.21. The van der Waals surface area contributed by atoms with E-state index in [1.54, 1.807) is 6.08 Å². The minimum Gasteiger partial charge on any atom is -0.357 e. The van der Waals surface area contributed by atoms with Crippen molar-refractivity contribution in [2.75, 3.05) is 11.9 Å². The van der Waals surface area contributed by atoms with Gasteiger partial charge in [-0.25, -0.2) is 0 Å². The maximum atomic E-state index is 10.9. The highest BCUT2D eigenvalue weighted by molar-refractivity contribution is 6.31. The van der Waals surface area contributed by atoms with Gasteiger partial charge < -0.3 is 10.6 Å². The summed E-state index contributed by atoms with van der Waals surface area (Å²) in [4.78, 5) is 10.9. The topological polar surface area (TPSA) is 41.1 Å². The van der Waals surface area contributed by atoms with Gasteiger partial charge in [0.25, 0.3) is 0 Å². The normalized spacial score (nSPS) is 14.8. The summed E-state index contributed by atoms with van der Waals surface area (Å²) in [6.45, 7) is 2.50. The van der Waals surface area contributed by atoms with Crippen LogP contribution >= 0.6 is 11.6 Å². The Balaban J connectivity index is 2.14. The minimum absolute atomic E-state index is 0.0595. The van der Waals surface area contributed by atoms with E-state index in [0.29, 0.717) is 6.54 Å². The lowest BCUT2D eigenvalue weighted by molar-refractivity contribution is -0.115. The highest BCUT2D eigenvalue weighted by atomic mass is 35.5. The molecule has 1 aliphatic heterocycles. The van der Waals surface area contributed by atoms with Crippen LogP contribution in [0.1, 0.15) is 5.56 Å². The fourth-order valence-corrected chi connectivity index (χ4v) is 1.56. The van der Waals surface area contributed by atoms with Crippen LogP contribution in [0.25, 0.3) is 0 Å². The van der Waals surface area contributed by atoms with Gasteiger partial charge in [-0.2, -0.15) is 0 Å². The Labute approximate surface area is 93.1 Å². The predicted octanol–water partition coefficient (Wildman–Crippen LogP) is 2.07. The number of anilines is 1. The molecule has 1 aromatic carbocycles. The van der Waals surface area contributed by atoms with Gasteiger partial charge in [-0.15, -0.1) is 0 Å². The maximum absolute atomic E-state index is 10.9. The third-order valence-corrected chi connectivity index (χ3v) is 2.64. The molecule has 0 bridgehead atoms. The van der Waals surface area contributed by atoms with E-state index in [-0.39, 0.29) is 5.91 Å². The quantitative estimate of drug-likeness (QED) is 0.805. The summed E-state index contributed by atoms with van der Waals surface area (Å²) in [5.41, 5.74) is 2.80. The first-order chi connectivity index (χ1) is 7.15. The third-order valence-electron chi connectivity index (χ3n) is 2.24. The average Bonchev–Trinajstić information content (AvgIpc) is 2.58. The fourth-order valence-electron chi connectivity index (χ4n) is 1.38. The van der Waals surface area contributed by atoms with Crippen LogP contribution in [-0.2, 0) is 4.79 Å². The molecule has 2 N–H and O–H groups in total. The lowest BCUT2D eigenvalue weighted by Crippen LogP contribution is -2.16. The number of rotatable bonds is 2. The molecule has 1 aromatic rings. The number of benzene rings is 1. The summed E-state index contributed by atoms with van der Waals surface area (Å²) in [7, 11) is 0. The van der Waals surface area contributed by atoms with E-state index in [1.807, 2.05) is 25.1 Å². The average molecular weight is 223 g/mol. The van der Waals surface area contributed by atoms with E-state index < -0.39 is 0 Å². The van der Waals surface area contributed by atoms with Crippen LogP contribution in [0, 0.1) is 6.92 Å². The van der Waals surface area contributed by atoms with E-state index in [0.717, 1.165) is 22.0 Å². The van der Waals surface area contributed by atoms with Crippen LogP contribution in [-0.4, -0.2) is 12.5 Å².